The van der Waals surface area contributed by atoms with Crippen molar-refractivity contribution in [1.29, 1.82) is 0 Å². The van der Waals surface area contributed by atoms with Gasteiger partial charge in [-0.25, -0.2) is 0 Å². The molecule has 1 amide bonds. The number of nitrogens with two attached hydrogens (primary N) is 1. The lowest BCUT2D eigenvalue weighted by atomic mass is 10.5. The van der Waals surface area contributed by atoms with Crippen molar-refractivity contribution in [2.24, 2.45) is 0 Å². The summed E-state index contributed by atoms with van der Waals surface area (Å²) in [7, 11) is 1.58. The van der Waals surface area contributed by atoms with Gasteiger partial charge in [0.25, 0.3) is 0 Å². The minimum atomic E-state index is -0.128. The fraction of sp³-hybridized carbons (Fsp3) is 0.636. The molecule has 8 nitrogen and oxygen atoms in total. The Balaban J connectivity index is 2.89. The van der Waals surface area contributed by atoms with Crippen LogP contribution in [0.3, 0.4) is 0 Å². The van der Waals surface area contributed by atoms with Gasteiger partial charge in [0.15, 0.2) is 0 Å². The van der Waals surface area contributed by atoms with E-state index in [9.17, 15) is 4.79 Å². The quantitative estimate of drug-likeness (QED) is 0.706. The first-order valence-electron chi connectivity index (χ1n) is 6.20. The van der Waals surface area contributed by atoms with E-state index < -0.39 is 0 Å². The van der Waals surface area contributed by atoms with Gasteiger partial charge in [-0.3, -0.25) is 4.79 Å². The molecule has 0 atom stereocenters. The Kier molecular flexibility index (Phi) is 5.77. The summed E-state index contributed by atoms with van der Waals surface area (Å²) in [6, 6.07) is 0.180. The third kappa shape index (κ3) is 4.57. The first-order chi connectivity index (χ1) is 9.10. The lowest BCUT2D eigenvalue weighted by Gasteiger charge is -2.19. The summed E-state index contributed by atoms with van der Waals surface area (Å²) in [4.78, 5) is 25.2. The van der Waals surface area contributed by atoms with Crippen molar-refractivity contribution in [2.45, 2.75) is 20.3 Å². The van der Waals surface area contributed by atoms with Crippen molar-refractivity contribution in [2.75, 3.05) is 37.4 Å². The van der Waals surface area contributed by atoms with Crippen molar-refractivity contribution in [3.63, 3.8) is 0 Å². The Morgan fingerprint density at radius 3 is 2.68 bits per heavy atom. The van der Waals surface area contributed by atoms with Crippen LogP contribution in [0.4, 0.5) is 11.9 Å². The zero-order valence-corrected chi connectivity index (χ0v) is 11.5. The molecular weight excluding hydrogens is 248 g/mol. The van der Waals surface area contributed by atoms with Crippen molar-refractivity contribution in [3.8, 4) is 6.01 Å². The third-order valence-electron chi connectivity index (χ3n) is 2.33. The van der Waals surface area contributed by atoms with E-state index in [2.05, 4.69) is 20.3 Å². The van der Waals surface area contributed by atoms with E-state index >= 15 is 0 Å². The summed E-state index contributed by atoms with van der Waals surface area (Å²) in [5, 5.41) is 2.55. The van der Waals surface area contributed by atoms with Crippen LogP contribution in [-0.4, -0.2) is 47.6 Å². The molecule has 0 fully saturated rings. The molecule has 0 bridgehead atoms. The third-order valence-corrected chi connectivity index (χ3v) is 2.33. The molecule has 0 saturated heterocycles. The molecule has 1 rings (SSSR count). The molecule has 0 spiro atoms. The smallest absolute Gasteiger partial charge is 0.323 e. The predicted molar refractivity (Wildman–Crippen MR) is 72.0 cm³/mol. The maximum Gasteiger partial charge on any atom is 0.323 e. The molecule has 0 aliphatic heterocycles. The standard InChI is InChI=1S/C11H20N6O2/c1-4-6-19-11-15-9(12)14-10(16-11)17(5-2)7-8(18)13-3/h4-7H2,1-3H3,(H,13,18)(H2,12,14,15,16). The number of anilines is 2. The van der Waals surface area contributed by atoms with Crippen molar-refractivity contribution >= 4 is 17.8 Å². The van der Waals surface area contributed by atoms with Gasteiger partial charge in [0.1, 0.15) is 0 Å². The molecule has 0 aliphatic carbocycles. The van der Waals surface area contributed by atoms with Crippen LogP contribution in [0.2, 0.25) is 0 Å². The van der Waals surface area contributed by atoms with Crippen LogP contribution in [0.25, 0.3) is 0 Å². The second kappa shape index (κ2) is 7.34. The summed E-state index contributed by atoms with van der Waals surface area (Å²) >= 11 is 0. The lowest BCUT2D eigenvalue weighted by Crippen LogP contribution is -2.36. The van der Waals surface area contributed by atoms with Gasteiger partial charge in [-0.1, -0.05) is 6.92 Å². The number of nitrogens with zero attached hydrogens (tertiary/aromatic N) is 4. The van der Waals surface area contributed by atoms with Crippen molar-refractivity contribution in [1.82, 2.24) is 20.3 Å². The number of nitrogens with one attached hydrogen (secondary N) is 1. The van der Waals surface area contributed by atoms with E-state index in [0.29, 0.717) is 19.1 Å². The summed E-state index contributed by atoms with van der Waals surface area (Å²) in [6.07, 6.45) is 0.844. The van der Waals surface area contributed by atoms with Gasteiger partial charge in [0.2, 0.25) is 17.8 Å². The topological polar surface area (TPSA) is 106 Å². The molecule has 1 heterocycles. The summed E-state index contributed by atoms with van der Waals surface area (Å²) in [5.74, 6) is 0.285. The number of aromatic nitrogens is 3. The number of rotatable bonds is 7. The minimum Gasteiger partial charge on any atom is -0.463 e. The molecule has 0 unspecified atom stereocenters. The van der Waals surface area contributed by atoms with E-state index in [1.165, 1.54) is 0 Å². The van der Waals surface area contributed by atoms with E-state index in [4.69, 9.17) is 10.5 Å². The Hall–Kier alpha value is -2.12. The summed E-state index contributed by atoms with van der Waals surface area (Å²) in [6.45, 7) is 5.11. The number of ether oxygens (including phenoxy) is 1. The molecule has 106 valence electrons. The highest BCUT2D eigenvalue weighted by atomic mass is 16.5. The second-order valence-corrected chi connectivity index (χ2v) is 3.81. The summed E-state index contributed by atoms with van der Waals surface area (Å²) < 4.78 is 5.33. The van der Waals surface area contributed by atoms with E-state index in [-0.39, 0.29) is 24.4 Å². The van der Waals surface area contributed by atoms with Crippen LogP contribution in [0.1, 0.15) is 20.3 Å². The molecule has 3 N–H and O–H groups in total. The van der Waals surface area contributed by atoms with Gasteiger partial charge in [0, 0.05) is 13.6 Å². The minimum absolute atomic E-state index is 0.0754. The largest absolute Gasteiger partial charge is 0.463 e. The van der Waals surface area contributed by atoms with Gasteiger partial charge < -0.3 is 20.7 Å². The Bertz CT molecular complexity index is 426. The number of carbonyl (C=O) groups is 1. The van der Waals surface area contributed by atoms with Crippen LogP contribution in [0.5, 0.6) is 6.01 Å². The number of hydrogen-bond acceptors (Lipinski definition) is 7. The monoisotopic (exact) mass is 268 g/mol. The normalized spacial score (nSPS) is 10.1. The van der Waals surface area contributed by atoms with Crippen LogP contribution < -0.4 is 20.7 Å². The van der Waals surface area contributed by atoms with Gasteiger partial charge in [-0.15, -0.1) is 0 Å². The van der Waals surface area contributed by atoms with Crippen LogP contribution in [-0.2, 0) is 4.79 Å². The second-order valence-electron chi connectivity index (χ2n) is 3.81. The van der Waals surface area contributed by atoms with Gasteiger partial charge in [-0.2, -0.15) is 15.0 Å². The zero-order chi connectivity index (χ0) is 14.3. The lowest BCUT2D eigenvalue weighted by molar-refractivity contribution is -0.119. The average molecular weight is 268 g/mol. The van der Waals surface area contributed by atoms with E-state index in [0.717, 1.165) is 6.42 Å². The van der Waals surface area contributed by atoms with Crippen LogP contribution >= 0.6 is 0 Å². The fourth-order valence-electron chi connectivity index (χ4n) is 1.34. The Morgan fingerprint density at radius 1 is 1.37 bits per heavy atom. The number of amides is 1. The number of nitrogen functional groups attached to an aromatic ring is 1. The predicted octanol–water partition coefficient (Wildman–Crippen LogP) is -0.185. The van der Waals surface area contributed by atoms with Crippen molar-refractivity contribution < 1.29 is 9.53 Å². The highest BCUT2D eigenvalue weighted by Crippen LogP contribution is 2.13. The van der Waals surface area contributed by atoms with Crippen LogP contribution in [0, 0.1) is 0 Å². The van der Waals surface area contributed by atoms with E-state index in [1.807, 2.05) is 13.8 Å². The van der Waals surface area contributed by atoms with Gasteiger partial charge in [0.05, 0.1) is 13.2 Å². The highest BCUT2D eigenvalue weighted by molar-refractivity contribution is 5.80. The van der Waals surface area contributed by atoms with Gasteiger partial charge >= 0.3 is 6.01 Å². The molecule has 19 heavy (non-hydrogen) atoms. The highest BCUT2D eigenvalue weighted by Gasteiger charge is 2.14. The molecule has 0 radical (unpaired) electrons. The Morgan fingerprint density at radius 2 is 2.11 bits per heavy atom. The number of hydrogen-bond donors (Lipinski definition) is 2. The number of likely N-dealkylation sites (N-methyl/N-ethyl adjacent to an activating group) is 2. The first kappa shape index (κ1) is 14.9. The zero-order valence-electron chi connectivity index (χ0n) is 11.5. The Labute approximate surface area is 112 Å². The molecule has 0 saturated carbocycles. The van der Waals surface area contributed by atoms with Gasteiger partial charge in [-0.05, 0) is 13.3 Å². The molecule has 0 aliphatic rings. The fourth-order valence-corrected chi connectivity index (χ4v) is 1.34. The molecule has 1 aromatic rings. The van der Waals surface area contributed by atoms with Crippen LogP contribution in [0.15, 0.2) is 0 Å². The maximum absolute atomic E-state index is 11.4. The van der Waals surface area contributed by atoms with Crippen molar-refractivity contribution in [3.05, 3.63) is 0 Å². The average Bonchev–Trinajstić information content (AvgIpc) is 2.41. The summed E-state index contributed by atoms with van der Waals surface area (Å²) in [5.41, 5.74) is 5.62. The molecule has 8 heteroatoms. The molecule has 1 aromatic heterocycles. The molecular formula is C11H20N6O2. The molecule has 0 aromatic carbocycles. The SMILES string of the molecule is CCCOc1nc(N)nc(N(CC)CC(=O)NC)n1. The van der Waals surface area contributed by atoms with E-state index in [1.54, 1.807) is 11.9 Å². The maximum atomic E-state index is 11.4. The first-order valence-corrected chi connectivity index (χ1v) is 6.20. The number of carbonyl (C=O) groups excluding carboxylic acids is 1.